The lowest BCUT2D eigenvalue weighted by Crippen LogP contribution is -2.35. The molecule has 1 fully saturated rings. The van der Waals surface area contributed by atoms with Crippen molar-refractivity contribution >= 4 is 5.78 Å². The fourth-order valence-corrected chi connectivity index (χ4v) is 1.89. The van der Waals surface area contributed by atoms with Crippen molar-refractivity contribution < 1.29 is 18.0 Å². The summed E-state index contributed by atoms with van der Waals surface area (Å²) in [4.78, 5) is 11.0. The maximum Gasteiger partial charge on any atom is 0.392 e. The number of ketones is 1. The van der Waals surface area contributed by atoms with Gasteiger partial charge in [0.15, 0.2) is 0 Å². The quantitative estimate of drug-likeness (QED) is 0.600. The Bertz CT molecular complexity index is 262. The molecule has 0 aliphatic heterocycles. The molecule has 14 heavy (non-hydrogen) atoms. The van der Waals surface area contributed by atoms with Crippen molar-refractivity contribution in [2.45, 2.75) is 31.9 Å². The van der Waals surface area contributed by atoms with Gasteiger partial charge < -0.3 is 0 Å². The number of hydrogen-bond acceptors (Lipinski definition) is 1. The number of carbonyl (C=O) groups is 1. The van der Waals surface area contributed by atoms with Gasteiger partial charge in [0.25, 0.3) is 0 Å². The highest BCUT2D eigenvalue weighted by molar-refractivity contribution is 5.79. The Morgan fingerprint density at radius 3 is 2.64 bits per heavy atom. The summed E-state index contributed by atoms with van der Waals surface area (Å²) in [5.74, 6) is 0.00250. The number of alkyl halides is 3. The molecule has 1 aliphatic carbocycles. The molecule has 0 bridgehead atoms. The normalized spacial score (nSPS) is 28.6. The van der Waals surface area contributed by atoms with E-state index in [-0.39, 0.29) is 31.5 Å². The Balaban J connectivity index is 2.73. The van der Waals surface area contributed by atoms with Gasteiger partial charge >= 0.3 is 6.18 Å². The summed E-state index contributed by atoms with van der Waals surface area (Å²) in [6, 6.07) is 0. The molecule has 0 aromatic rings. The van der Waals surface area contributed by atoms with Crippen molar-refractivity contribution in [2.24, 2.45) is 11.8 Å². The first-order valence-electron chi connectivity index (χ1n) is 4.47. The maximum absolute atomic E-state index is 12.5. The first kappa shape index (κ1) is 11.1. The molecule has 0 saturated heterocycles. The molecule has 78 valence electrons. The third-order valence-corrected chi connectivity index (χ3v) is 2.59. The zero-order valence-corrected chi connectivity index (χ0v) is 7.60. The van der Waals surface area contributed by atoms with Crippen LogP contribution in [-0.4, -0.2) is 12.0 Å². The van der Waals surface area contributed by atoms with Crippen molar-refractivity contribution in [3.63, 3.8) is 0 Å². The molecule has 0 aromatic carbocycles. The van der Waals surface area contributed by atoms with E-state index >= 15 is 0 Å². The van der Waals surface area contributed by atoms with E-state index in [1.807, 2.05) is 0 Å². The van der Waals surface area contributed by atoms with E-state index < -0.39 is 18.0 Å². The predicted molar refractivity (Wildman–Crippen MR) is 45.3 cm³/mol. The molecule has 0 aromatic heterocycles. The maximum atomic E-state index is 12.5. The molecule has 1 aliphatic rings. The SMILES string of the molecule is C#CCC1CC(=O)CCC1C(F)(F)F. The smallest absolute Gasteiger partial charge is 0.300 e. The van der Waals surface area contributed by atoms with Gasteiger partial charge in [-0.25, -0.2) is 0 Å². The highest BCUT2D eigenvalue weighted by Gasteiger charge is 2.46. The van der Waals surface area contributed by atoms with Gasteiger partial charge in [-0.05, 0) is 12.3 Å². The molecular formula is C10H11F3O. The summed E-state index contributed by atoms with van der Waals surface area (Å²) in [5, 5.41) is 0. The number of terminal acetylenes is 1. The van der Waals surface area contributed by atoms with Crippen LogP contribution in [0.1, 0.15) is 25.7 Å². The molecule has 2 unspecified atom stereocenters. The van der Waals surface area contributed by atoms with Crippen LogP contribution in [-0.2, 0) is 4.79 Å². The fraction of sp³-hybridized carbons (Fsp3) is 0.700. The van der Waals surface area contributed by atoms with Gasteiger partial charge in [-0.3, -0.25) is 4.79 Å². The summed E-state index contributed by atoms with van der Waals surface area (Å²) in [5.41, 5.74) is 0. The van der Waals surface area contributed by atoms with Crippen LogP contribution in [0, 0.1) is 24.2 Å². The Kier molecular flexibility index (Phi) is 3.20. The van der Waals surface area contributed by atoms with Crippen LogP contribution < -0.4 is 0 Å². The Hall–Kier alpha value is -0.980. The van der Waals surface area contributed by atoms with Gasteiger partial charge in [0, 0.05) is 19.3 Å². The zero-order chi connectivity index (χ0) is 10.8. The van der Waals surface area contributed by atoms with Crippen LogP contribution in [0.15, 0.2) is 0 Å². The van der Waals surface area contributed by atoms with E-state index in [9.17, 15) is 18.0 Å². The van der Waals surface area contributed by atoms with Crippen LogP contribution in [0.25, 0.3) is 0 Å². The number of Topliss-reactive ketones (excluding diaryl/α,β-unsaturated/α-hetero) is 1. The minimum Gasteiger partial charge on any atom is -0.300 e. The van der Waals surface area contributed by atoms with E-state index in [2.05, 4.69) is 5.92 Å². The second-order valence-corrected chi connectivity index (χ2v) is 3.60. The average molecular weight is 204 g/mol. The highest BCUT2D eigenvalue weighted by Crippen LogP contribution is 2.41. The molecule has 1 saturated carbocycles. The second kappa shape index (κ2) is 4.04. The minimum atomic E-state index is -4.22. The van der Waals surface area contributed by atoms with E-state index in [1.54, 1.807) is 0 Å². The van der Waals surface area contributed by atoms with E-state index in [0.29, 0.717) is 0 Å². The molecule has 0 spiro atoms. The van der Waals surface area contributed by atoms with Crippen LogP contribution in [0.4, 0.5) is 13.2 Å². The Labute approximate surface area is 80.7 Å². The molecule has 4 heteroatoms. The summed E-state index contributed by atoms with van der Waals surface area (Å²) < 4.78 is 37.4. The van der Waals surface area contributed by atoms with Gasteiger partial charge in [0.05, 0.1) is 5.92 Å². The van der Waals surface area contributed by atoms with Gasteiger partial charge in [0.1, 0.15) is 5.78 Å². The lowest BCUT2D eigenvalue weighted by Gasteiger charge is -2.31. The molecule has 2 atom stereocenters. The van der Waals surface area contributed by atoms with Gasteiger partial charge in [-0.1, -0.05) is 0 Å². The van der Waals surface area contributed by atoms with Crippen molar-refractivity contribution in [3.05, 3.63) is 0 Å². The Morgan fingerprint density at radius 1 is 1.50 bits per heavy atom. The zero-order valence-electron chi connectivity index (χ0n) is 7.60. The second-order valence-electron chi connectivity index (χ2n) is 3.60. The number of hydrogen-bond donors (Lipinski definition) is 0. The summed E-state index contributed by atoms with van der Waals surface area (Å²) in [6.45, 7) is 0. The number of rotatable bonds is 1. The Morgan fingerprint density at radius 2 is 2.14 bits per heavy atom. The first-order chi connectivity index (χ1) is 6.45. The lowest BCUT2D eigenvalue weighted by atomic mass is 9.76. The van der Waals surface area contributed by atoms with E-state index in [0.717, 1.165) is 0 Å². The molecule has 0 amide bonds. The van der Waals surface area contributed by atoms with Crippen LogP contribution in [0.5, 0.6) is 0 Å². The molecule has 0 heterocycles. The van der Waals surface area contributed by atoms with Crippen LogP contribution in [0.2, 0.25) is 0 Å². The monoisotopic (exact) mass is 204 g/mol. The van der Waals surface area contributed by atoms with Crippen LogP contribution in [0.3, 0.4) is 0 Å². The first-order valence-corrected chi connectivity index (χ1v) is 4.47. The summed E-state index contributed by atoms with van der Waals surface area (Å²) >= 11 is 0. The molecular weight excluding hydrogens is 193 g/mol. The molecule has 0 N–H and O–H groups in total. The topological polar surface area (TPSA) is 17.1 Å². The summed E-state index contributed by atoms with van der Waals surface area (Å²) in [6.07, 6.45) is 0.710. The predicted octanol–water partition coefficient (Wildman–Crippen LogP) is 2.56. The lowest BCUT2D eigenvalue weighted by molar-refractivity contribution is -0.195. The standard InChI is InChI=1S/C10H11F3O/c1-2-3-7-6-8(14)4-5-9(7)10(11,12)13/h1,7,9H,3-6H2. The minimum absolute atomic E-state index is 0.0195. The average Bonchev–Trinajstić information content (AvgIpc) is 2.02. The molecule has 0 radical (unpaired) electrons. The van der Waals surface area contributed by atoms with Crippen molar-refractivity contribution in [1.82, 2.24) is 0 Å². The molecule has 1 nitrogen and oxygen atoms in total. The van der Waals surface area contributed by atoms with Crippen LogP contribution >= 0.6 is 0 Å². The fourth-order valence-electron chi connectivity index (χ4n) is 1.89. The number of carbonyl (C=O) groups excluding carboxylic acids is 1. The third-order valence-electron chi connectivity index (χ3n) is 2.59. The highest BCUT2D eigenvalue weighted by atomic mass is 19.4. The summed E-state index contributed by atoms with van der Waals surface area (Å²) in [7, 11) is 0. The molecule has 1 rings (SSSR count). The van der Waals surface area contributed by atoms with Crippen molar-refractivity contribution in [3.8, 4) is 12.3 Å². The van der Waals surface area contributed by atoms with E-state index in [1.165, 1.54) is 0 Å². The third kappa shape index (κ3) is 2.50. The van der Waals surface area contributed by atoms with Gasteiger partial charge in [0.2, 0.25) is 0 Å². The van der Waals surface area contributed by atoms with Crippen molar-refractivity contribution in [1.29, 1.82) is 0 Å². The van der Waals surface area contributed by atoms with Gasteiger partial charge in [-0.2, -0.15) is 13.2 Å². The number of halogens is 3. The van der Waals surface area contributed by atoms with Crippen molar-refractivity contribution in [2.75, 3.05) is 0 Å². The van der Waals surface area contributed by atoms with E-state index in [4.69, 9.17) is 6.42 Å². The van der Waals surface area contributed by atoms with Gasteiger partial charge in [-0.15, -0.1) is 12.3 Å². The largest absolute Gasteiger partial charge is 0.392 e.